The smallest absolute Gasteiger partial charge is 0.255 e. The number of rotatable bonds is 4. The van der Waals surface area contributed by atoms with Crippen LogP contribution in [0, 0.1) is 6.92 Å². The highest BCUT2D eigenvalue weighted by Gasteiger charge is 2.33. The van der Waals surface area contributed by atoms with Crippen LogP contribution in [0.4, 0.5) is 11.6 Å². The number of nitrogens with one attached hydrogen (secondary N) is 2. The number of amides is 1. The second kappa shape index (κ2) is 7.19. The molecule has 0 saturated carbocycles. The van der Waals surface area contributed by atoms with Gasteiger partial charge in [0.25, 0.3) is 5.91 Å². The van der Waals surface area contributed by atoms with Crippen molar-refractivity contribution < 1.29 is 9.53 Å². The van der Waals surface area contributed by atoms with Crippen LogP contribution in [-0.4, -0.2) is 27.8 Å². The zero-order chi connectivity index (χ0) is 19.7. The third-order valence-electron chi connectivity index (χ3n) is 4.79. The monoisotopic (exact) mass is 375 g/mol. The molecule has 28 heavy (non-hydrogen) atoms. The van der Waals surface area contributed by atoms with Crippen LogP contribution in [-0.2, 0) is 4.79 Å². The van der Waals surface area contributed by atoms with Crippen LogP contribution in [0.3, 0.4) is 0 Å². The number of nitrogens with zero attached hydrogens (tertiary/aromatic N) is 3. The Bertz CT molecular complexity index is 1050. The van der Waals surface area contributed by atoms with Gasteiger partial charge in [-0.05, 0) is 31.5 Å². The molecule has 4 rings (SSSR count). The third kappa shape index (κ3) is 3.11. The molecule has 142 valence electrons. The van der Waals surface area contributed by atoms with E-state index in [4.69, 9.17) is 4.74 Å². The normalized spacial score (nSPS) is 15.6. The number of carbonyl (C=O) groups is 1. The van der Waals surface area contributed by atoms with Crippen LogP contribution < -0.4 is 15.4 Å². The molecule has 0 fully saturated rings. The van der Waals surface area contributed by atoms with Gasteiger partial charge in [-0.25, -0.2) is 4.68 Å². The van der Waals surface area contributed by atoms with Gasteiger partial charge in [0.15, 0.2) is 0 Å². The molecule has 0 spiro atoms. The molecular weight excluding hydrogens is 354 g/mol. The molecule has 1 aromatic heterocycles. The standard InChI is InChI=1S/C21H21N5O2/c1-13-8-10-15(11-9-13)19-18(14(2)24-21-22-12-23-26(19)21)20(27)25-16-6-4-5-7-17(16)28-3/h4-12,19H,1-3H3,(H,25,27)(H,22,23,24)/t19-/m1/s1. The Morgan fingerprint density at radius 2 is 1.89 bits per heavy atom. The molecule has 0 aliphatic carbocycles. The first-order valence-electron chi connectivity index (χ1n) is 8.96. The van der Waals surface area contributed by atoms with Crippen molar-refractivity contribution in [2.45, 2.75) is 19.9 Å². The third-order valence-corrected chi connectivity index (χ3v) is 4.79. The zero-order valence-corrected chi connectivity index (χ0v) is 15.9. The number of methoxy groups -OCH3 is 1. The largest absolute Gasteiger partial charge is 0.495 e. The second-order valence-electron chi connectivity index (χ2n) is 6.66. The van der Waals surface area contributed by atoms with Crippen LogP contribution >= 0.6 is 0 Å². The number of para-hydroxylation sites is 2. The highest BCUT2D eigenvalue weighted by atomic mass is 16.5. The lowest BCUT2D eigenvalue weighted by Crippen LogP contribution is -2.31. The van der Waals surface area contributed by atoms with E-state index >= 15 is 0 Å². The molecule has 2 aromatic carbocycles. The summed E-state index contributed by atoms with van der Waals surface area (Å²) in [5.41, 5.74) is 4.04. The van der Waals surface area contributed by atoms with Gasteiger partial charge in [0.05, 0.1) is 18.4 Å². The molecule has 0 saturated heterocycles. The summed E-state index contributed by atoms with van der Waals surface area (Å²) in [5, 5.41) is 10.5. The lowest BCUT2D eigenvalue weighted by Gasteiger charge is -2.29. The number of hydrogen-bond donors (Lipinski definition) is 2. The van der Waals surface area contributed by atoms with E-state index in [-0.39, 0.29) is 11.9 Å². The number of hydrogen-bond acceptors (Lipinski definition) is 5. The quantitative estimate of drug-likeness (QED) is 0.729. The van der Waals surface area contributed by atoms with Gasteiger partial charge in [-0.15, -0.1) is 0 Å². The number of aryl methyl sites for hydroxylation is 1. The summed E-state index contributed by atoms with van der Waals surface area (Å²) in [7, 11) is 1.58. The number of aromatic nitrogens is 3. The van der Waals surface area contributed by atoms with Gasteiger partial charge in [0.1, 0.15) is 18.1 Å². The van der Waals surface area contributed by atoms with Gasteiger partial charge in [-0.1, -0.05) is 42.0 Å². The molecule has 2 heterocycles. The predicted molar refractivity (Wildman–Crippen MR) is 107 cm³/mol. The maximum atomic E-state index is 13.3. The topological polar surface area (TPSA) is 81.1 Å². The van der Waals surface area contributed by atoms with E-state index in [1.165, 1.54) is 6.33 Å². The van der Waals surface area contributed by atoms with E-state index in [1.54, 1.807) is 11.8 Å². The second-order valence-corrected chi connectivity index (χ2v) is 6.66. The average Bonchev–Trinajstić information content (AvgIpc) is 3.16. The fourth-order valence-corrected chi connectivity index (χ4v) is 3.38. The van der Waals surface area contributed by atoms with Gasteiger partial charge >= 0.3 is 0 Å². The van der Waals surface area contributed by atoms with Crippen molar-refractivity contribution in [1.82, 2.24) is 14.8 Å². The SMILES string of the molecule is COc1ccccc1NC(=O)C1=C(C)Nc2ncnn2[C@@H]1c1ccc(C)cc1. The van der Waals surface area contributed by atoms with E-state index in [2.05, 4.69) is 20.7 Å². The number of benzene rings is 2. The van der Waals surface area contributed by atoms with E-state index < -0.39 is 0 Å². The van der Waals surface area contributed by atoms with Crippen molar-refractivity contribution in [3.63, 3.8) is 0 Å². The summed E-state index contributed by atoms with van der Waals surface area (Å²) in [5.74, 6) is 0.990. The number of carbonyl (C=O) groups excluding carboxylic acids is 1. The average molecular weight is 375 g/mol. The summed E-state index contributed by atoms with van der Waals surface area (Å²) < 4.78 is 7.09. The van der Waals surface area contributed by atoms with E-state index in [0.717, 1.165) is 16.8 Å². The molecule has 0 radical (unpaired) electrons. The fourth-order valence-electron chi connectivity index (χ4n) is 3.38. The van der Waals surface area contributed by atoms with E-state index in [0.29, 0.717) is 23.0 Å². The minimum atomic E-state index is -0.381. The molecule has 0 bridgehead atoms. The van der Waals surface area contributed by atoms with Crippen molar-refractivity contribution in [2.75, 3.05) is 17.7 Å². The van der Waals surface area contributed by atoms with E-state index in [1.807, 2.05) is 62.4 Å². The van der Waals surface area contributed by atoms with Crippen LogP contribution in [0.15, 0.2) is 66.1 Å². The highest BCUT2D eigenvalue weighted by Crippen LogP contribution is 2.35. The number of allylic oxidation sites excluding steroid dienone is 1. The minimum Gasteiger partial charge on any atom is -0.495 e. The summed E-state index contributed by atoms with van der Waals surface area (Å²) >= 11 is 0. The van der Waals surface area contributed by atoms with Crippen molar-refractivity contribution >= 4 is 17.5 Å². The van der Waals surface area contributed by atoms with Crippen LogP contribution in [0.1, 0.15) is 24.1 Å². The van der Waals surface area contributed by atoms with Gasteiger partial charge < -0.3 is 15.4 Å². The predicted octanol–water partition coefficient (Wildman–Crippen LogP) is 3.52. The maximum absolute atomic E-state index is 13.3. The Balaban J connectivity index is 1.76. The Labute approximate surface area is 163 Å². The van der Waals surface area contributed by atoms with Gasteiger partial charge in [0, 0.05) is 5.70 Å². The lowest BCUT2D eigenvalue weighted by atomic mass is 9.94. The molecule has 1 aliphatic heterocycles. The lowest BCUT2D eigenvalue weighted by molar-refractivity contribution is -0.113. The zero-order valence-electron chi connectivity index (χ0n) is 15.9. The first-order chi connectivity index (χ1) is 13.6. The highest BCUT2D eigenvalue weighted by molar-refractivity contribution is 6.06. The molecule has 1 aliphatic rings. The first-order valence-corrected chi connectivity index (χ1v) is 8.96. The van der Waals surface area contributed by atoms with Crippen molar-refractivity contribution in [3.8, 4) is 5.75 Å². The summed E-state index contributed by atoms with van der Waals surface area (Å²) in [6.07, 6.45) is 1.48. The van der Waals surface area contributed by atoms with Gasteiger partial charge in [0.2, 0.25) is 5.95 Å². The number of anilines is 2. The fraction of sp³-hybridized carbons (Fsp3) is 0.190. The number of fused-ring (bicyclic) bond motifs is 1. The molecule has 1 amide bonds. The molecule has 3 aromatic rings. The molecule has 7 nitrogen and oxygen atoms in total. The van der Waals surface area contributed by atoms with Gasteiger partial charge in [-0.2, -0.15) is 10.1 Å². The van der Waals surface area contributed by atoms with Crippen molar-refractivity contribution in [2.24, 2.45) is 0 Å². The molecule has 7 heteroatoms. The Hall–Kier alpha value is -3.61. The summed E-state index contributed by atoms with van der Waals surface area (Å²) in [4.78, 5) is 17.6. The summed E-state index contributed by atoms with van der Waals surface area (Å²) in [6, 6.07) is 15.0. The van der Waals surface area contributed by atoms with Crippen LogP contribution in [0.5, 0.6) is 5.75 Å². The molecule has 2 N–H and O–H groups in total. The Morgan fingerprint density at radius 1 is 1.14 bits per heavy atom. The van der Waals surface area contributed by atoms with Crippen molar-refractivity contribution in [1.29, 1.82) is 0 Å². The van der Waals surface area contributed by atoms with Gasteiger partial charge in [-0.3, -0.25) is 4.79 Å². The Morgan fingerprint density at radius 3 is 2.64 bits per heavy atom. The first kappa shape index (κ1) is 17.8. The van der Waals surface area contributed by atoms with Crippen LogP contribution in [0.2, 0.25) is 0 Å². The molecule has 1 atom stereocenters. The maximum Gasteiger partial charge on any atom is 0.255 e. The number of ether oxygens (including phenoxy) is 1. The van der Waals surface area contributed by atoms with E-state index in [9.17, 15) is 4.79 Å². The molecule has 0 unspecified atom stereocenters. The van der Waals surface area contributed by atoms with Crippen molar-refractivity contribution in [3.05, 3.63) is 77.3 Å². The molecular formula is C21H21N5O2. The Kier molecular flexibility index (Phi) is 4.57. The minimum absolute atomic E-state index is 0.221. The van der Waals surface area contributed by atoms with Crippen LogP contribution in [0.25, 0.3) is 0 Å². The summed E-state index contributed by atoms with van der Waals surface area (Å²) in [6.45, 7) is 3.90.